The molecule has 1 aliphatic carbocycles. The number of aliphatic imine (C=N–C) groups is 1. The maximum absolute atomic E-state index is 11.2. The standard InChI is InChI=1S/C11H22N2OS/c1-2-15(14)9-8-13-11(12)10-6-4-3-5-7-10/h10H,2-9H2,1H3,(H2,12,13). The van der Waals surface area contributed by atoms with Gasteiger partial charge in [0.1, 0.15) is 0 Å². The SMILES string of the molecule is CCS(=O)CCN=C(N)C1CCCCC1. The molecule has 1 saturated carbocycles. The van der Waals surface area contributed by atoms with Crippen LogP contribution in [0.1, 0.15) is 39.0 Å². The van der Waals surface area contributed by atoms with Crippen molar-refractivity contribution in [2.75, 3.05) is 18.1 Å². The van der Waals surface area contributed by atoms with Crippen molar-refractivity contribution in [3.63, 3.8) is 0 Å². The van der Waals surface area contributed by atoms with Crippen molar-refractivity contribution < 1.29 is 4.21 Å². The molecule has 0 bridgehead atoms. The predicted molar refractivity (Wildman–Crippen MR) is 66.6 cm³/mol. The molecule has 0 aliphatic heterocycles. The zero-order valence-electron chi connectivity index (χ0n) is 9.58. The van der Waals surface area contributed by atoms with Crippen LogP contribution in [0.2, 0.25) is 0 Å². The van der Waals surface area contributed by atoms with E-state index in [4.69, 9.17) is 5.73 Å². The lowest BCUT2D eigenvalue weighted by molar-refractivity contribution is 0.436. The molecule has 0 radical (unpaired) electrons. The van der Waals surface area contributed by atoms with E-state index in [1.165, 1.54) is 32.1 Å². The summed E-state index contributed by atoms with van der Waals surface area (Å²) in [6.45, 7) is 2.56. The van der Waals surface area contributed by atoms with Gasteiger partial charge in [-0.2, -0.15) is 0 Å². The first-order chi connectivity index (χ1) is 7.24. The Morgan fingerprint density at radius 1 is 1.40 bits per heavy atom. The quantitative estimate of drug-likeness (QED) is 0.577. The third-order valence-corrected chi connectivity index (χ3v) is 4.24. The molecule has 88 valence electrons. The second-order valence-corrected chi connectivity index (χ2v) is 5.94. The summed E-state index contributed by atoms with van der Waals surface area (Å²) in [7, 11) is -0.711. The Hall–Kier alpha value is -0.380. The highest BCUT2D eigenvalue weighted by Crippen LogP contribution is 2.23. The van der Waals surface area contributed by atoms with E-state index in [2.05, 4.69) is 4.99 Å². The summed E-state index contributed by atoms with van der Waals surface area (Å²) in [5.74, 6) is 2.67. The van der Waals surface area contributed by atoms with Gasteiger partial charge in [0.2, 0.25) is 0 Å². The van der Waals surface area contributed by atoms with E-state index in [1.54, 1.807) is 0 Å². The van der Waals surface area contributed by atoms with Crippen molar-refractivity contribution >= 4 is 16.6 Å². The normalized spacial score (nSPS) is 21.5. The average Bonchev–Trinajstić information content (AvgIpc) is 2.29. The molecular weight excluding hydrogens is 208 g/mol. The van der Waals surface area contributed by atoms with E-state index in [9.17, 15) is 4.21 Å². The van der Waals surface area contributed by atoms with Gasteiger partial charge in [-0.05, 0) is 12.8 Å². The average molecular weight is 230 g/mol. The molecular formula is C11H22N2OS. The van der Waals surface area contributed by atoms with Gasteiger partial charge in [-0.15, -0.1) is 0 Å². The minimum Gasteiger partial charge on any atom is -0.387 e. The molecule has 1 atom stereocenters. The van der Waals surface area contributed by atoms with E-state index in [-0.39, 0.29) is 0 Å². The van der Waals surface area contributed by atoms with Crippen LogP contribution in [0.3, 0.4) is 0 Å². The van der Waals surface area contributed by atoms with Crippen molar-refractivity contribution in [1.29, 1.82) is 0 Å². The molecule has 1 unspecified atom stereocenters. The summed E-state index contributed by atoms with van der Waals surface area (Å²) < 4.78 is 11.2. The van der Waals surface area contributed by atoms with Gasteiger partial charge in [0.25, 0.3) is 0 Å². The fourth-order valence-corrected chi connectivity index (χ4v) is 2.53. The molecule has 2 N–H and O–H groups in total. The highest BCUT2D eigenvalue weighted by atomic mass is 32.2. The van der Waals surface area contributed by atoms with Crippen molar-refractivity contribution in [3.05, 3.63) is 0 Å². The van der Waals surface area contributed by atoms with Crippen LogP contribution >= 0.6 is 0 Å². The Morgan fingerprint density at radius 2 is 2.07 bits per heavy atom. The first kappa shape index (κ1) is 12.7. The molecule has 0 aromatic heterocycles. The molecule has 0 heterocycles. The van der Waals surface area contributed by atoms with Crippen molar-refractivity contribution in [1.82, 2.24) is 0 Å². The van der Waals surface area contributed by atoms with Crippen molar-refractivity contribution in [2.24, 2.45) is 16.6 Å². The van der Waals surface area contributed by atoms with Gasteiger partial charge in [0.05, 0.1) is 12.4 Å². The molecule has 0 aromatic carbocycles. The van der Waals surface area contributed by atoms with Crippen LogP contribution in [0, 0.1) is 5.92 Å². The van der Waals surface area contributed by atoms with E-state index in [1.807, 2.05) is 6.92 Å². The van der Waals surface area contributed by atoms with Crippen LogP contribution < -0.4 is 5.73 Å². The van der Waals surface area contributed by atoms with E-state index < -0.39 is 10.8 Å². The number of hydrogen-bond donors (Lipinski definition) is 1. The molecule has 0 spiro atoms. The van der Waals surface area contributed by atoms with E-state index >= 15 is 0 Å². The number of nitrogens with zero attached hydrogens (tertiary/aromatic N) is 1. The van der Waals surface area contributed by atoms with Crippen molar-refractivity contribution in [3.8, 4) is 0 Å². The predicted octanol–water partition coefficient (Wildman–Crippen LogP) is 1.69. The smallest absolute Gasteiger partial charge is 0.0968 e. The van der Waals surface area contributed by atoms with Gasteiger partial charge in [-0.3, -0.25) is 9.20 Å². The van der Waals surface area contributed by atoms with E-state index in [0.717, 1.165) is 11.6 Å². The van der Waals surface area contributed by atoms with Gasteiger partial charge in [0, 0.05) is 28.2 Å². The summed E-state index contributed by atoms with van der Waals surface area (Å²) in [6.07, 6.45) is 6.27. The Balaban J connectivity index is 2.28. The van der Waals surface area contributed by atoms with Crippen molar-refractivity contribution in [2.45, 2.75) is 39.0 Å². The summed E-state index contributed by atoms with van der Waals surface area (Å²) in [5.41, 5.74) is 5.93. The number of amidine groups is 1. The van der Waals surface area contributed by atoms with Gasteiger partial charge in [-0.25, -0.2) is 0 Å². The number of nitrogens with two attached hydrogens (primary N) is 1. The highest BCUT2D eigenvalue weighted by Gasteiger charge is 2.16. The molecule has 3 nitrogen and oxygen atoms in total. The molecule has 0 aromatic rings. The van der Waals surface area contributed by atoms with Crippen LogP contribution in [0.4, 0.5) is 0 Å². The summed E-state index contributed by atoms with van der Waals surface area (Å²) in [4.78, 5) is 4.34. The maximum atomic E-state index is 11.2. The molecule has 0 amide bonds. The Morgan fingerprint density at radius 3 is 2.67 bits per heavy atom. The monoisotopic (exact) mass is 230 g/mol. The second kappa shape index (κ2) is 6.99. The lowest BCUT2D eigenvalue weighted by Crippen LogP contribution is -2.26. The van der Waals surface area contributed by atoms with E-state index in [0.29, 0.717) is 18.2 Å². The second-order valence-electron chi connectivity index (χ2n) is 4.07. The topological polar surface area (TPSA) is 55.5 Å². The zero-order valence-corrected chi connectivity index (χ0v) is 10.4. The zero-order chi connectivity index (χ0) is 11.1. The minimum absolute atomic E-state index is 0.494. The number of rotatable bonds is 5. The Bertz CT molecular complexity index is 235. The van der Waals surface area contributed by atoms with Crippen LogP contribution in [-0.2, 0) is 10.8 Å². The minimum atomic E-state index is -0.711. The fourth-order valence-electron chi connectivity index (χ4n) is 1.95. The number of hydrogen-bond acceptors (Lipinski definition) is 2. The van der Waals surface area contributed by atoms with Gasteiger partial charge < -0.3 is 5.73 Å². The molecule has 0 saturated heterocycles. The van der Waals surface area contributed by atoms with Gasteiger partial charge in [-0.1, -0.05) is 26.2 Å². The maximum Gasteiger partial charge on any atom is 0.0968 e. The Labute approximate surface area is 95.0 Å². The van der Waals surface area contributed by atoms with Crippen LogP contribution in [0.15, 0.2) is 4.99 Å². The Kier molecular flexibility index (Phi) is 5.91. The summed E-state index contributed by atoms with van der Waals surface area (Å²) in [6, 6.07) is 0. The molecule has 15 heavy (non-hydrogen) atoms. The lowest BCUT2D eigenvalue weighted by atomic mass is 9.88. The largest absolute Gasteiger partial charge is 0.387 e. The molecule has 4 heteroatoms. The molecule has 1 aliphatic rings. The van der Waals surface area contributed by atoms with Crippen LogP contribution in [-0.4, -0.2) is 28.1 Å². The molecule has 1 fully saturated rings. The lowest BCUT2D eigenvalue weighted by Gasteiger charge is -2.20. The third kappa shape index (κ3) is 4.78. The third-order valence-electron chi connectivity index (χ3n) is 2.96. The van der Waals surface area contributed by atoms with Crippen LogP contribution in [0.25, 0.3) is 0 Å². The molecule has 1 rings (SSSR count). The first-order valence-corrected chi connectivity index (χ1v) is 7.37. The van der Waals surface area contributed by atoms with Crippen LogP contribution in [0.5, 0.6) is 0 Å². The van der Waals surface area contributed by atoms with Gasteiger partial charge in [0.15, 0.2) is 0 Å². The summed E-state index contributed by atoms with van der Waals surface area (Å²) >= 11 is 0. The summed E-state index contributed by atoms with van der Waals surface area (Å²) in [5, 5.41) is 0. The highest BCUT2D eigenvalue weighted by molar-refractivity contribution is 7.84. The first-order valence-electron chi connectivity index (χ1n) is 5.88. The fraction of sp³-hybridized carbons (Fsp3) is 0.909. The van der Waals surface area contributed by atoms with Gasteiger partial charge >= 0.3 is 0 Å².